The van der Waals surface area contributed by atoms with Gasteiger partial charge < -0.3 is 9.88 Å². The smallest absolute Gasteiger partial charge is 0.195 e. The summed E-state index contributed by atoms with van der Waals surface area (Å²) in [5.41, 5.74) is 1.30. The molecule has 0 saturated heterocycles. The molecule has 2 rings (SSSR count). The summed E-state index contributed by atoms with van der Waals surface area (Å²) in [7, 11) is 1.98. The van der Waals surface area contributed by atoms with Crippen LogP contribution in [0.4, 0.5) is 0 Å². The van der Waals surface area contributed by atoms with Crippen LogP contribution in [0.1, 0.15) is 18.3 Å². The average molecular weight is 262 g/mol. The molecule has 0 saturated carbocycles. The van der Waals surface area contributed by atoms with E-state index in [1.807, 2.05) is 18.5 Å². The van der Waals surface area contributed by atoms with Crippen molar-refractivity contribution in [2.75, 3.05) is 6.54 Å². The number of hydrogen-bond acceptors (Lipinski definition) is 4. The standard InChI is InChI=1S/C13H18N4S/c1-4-14-9-11-5-7-12(8-6-11)18-13-16-15-10(2)17(13)3/h5-8,14H,4,9H2,1-3H3. The molecule has 0 fully saturated rings. The van der Waals surface area contributed by atoms with E-state index >= 15 is 0 Å². The van der Waals surface area contributed by atoms with Gasteiger partial charge in [-0.05, 0) is 42.9 Å². The van der Waals surface area contributed by atoms with Gasteiger partial charge in [-0.3, -0.25) is 0 Å². The Kier molecular flexibility index (Phi) is 4.38. The maximum absolute atomic E-state index is 4.15. The van der Waals surface area contributed by atoms with Crippen LogP contribution in [0.15, 0.2) is 34.3 Å². The molecule has 0 radical (unpaired) electrons. The van der Waals surface area contributed by atoms with E-state index in [1.165, 1.54) is 10.5 Å². The summed E-state index contributed by atoms with van der Waals surface area (Å²) >= 11 is 1.64. The number of benzene rings is 1. The van der Waals surface area contributed by atoms with Gasteiger partial charge in [-0.15, -0.1) is 10.2 Å². The van der Waals surface area contributed by atoms with Gasteiger partial charge in [0, 0.05) is 18.5 Å². The molecular weight excluding hydrogens is 244 g/mol. The number of hydrogen-bond donors (Lipinski definition) is 1. The summed E-state index contributed by atoms with van der Waals surface area (Å²) in [6.07, 6.45) is 0. The van der Waals surface area contributed by atoms with Crippen LogP contribution in [0.5, 0.6) is 0 Å². The second kappa shape index (κ2) is 6.02. The Morgan fingerprint density at radius 1 is 1.22 bits per heavy atom. The van der Waals surface area contributed by atoms with E-state index in [9.17, 15) is 0 Å². The SMILES string of the molecule is CCNCc1ccc(Sc2nnc(C)n2C)cc1. The minimum Gasteiger partial charge on any atom is -0.313 e. The van der Waals surface area contributed by atoms with Crippen molar-refractivity contribution in [3.8, 4) is 0 Å². The van der Waals surface area contributed by atoms with Gasteiger partial charge in [0.1, 0.15) is 5.82 Å². The fraction of sp³-hybridized carbons (Fsp3) is 0.385. The highest BCUT2D eigenvalue weighted by atomic mass is 32.2. The lowest BCUT2D eigenvalue weighted by molar-refractivity contribution is 0.726. The number of rotatable bonds is 5. The lowest BCUT2D eigenvalue weighted by Gasteiger charge is -2.04. The predicted octanol–water partition coefficient (Wildman–Crippen LogP) is 2.38. The molecule has 0 bridgehead atoms. The molecule has 96 valence electrons. The van der Waals surface area contributed by atoms with Crippen LogP contribution in [0.25, 0.3) is 0 Å². The zero-order valence-electron chi connectivity index (χ0n) is 11.0. The first-order valence-corrected chi connectivity index (χ1v) is 6.86. The second-order valence-corrected chi connectivity index (χ2v) is 5.16. The summed E-state index contributed by atoms with van der Waals surface area (Å²) in [5.74, 6) is 0.932. The zero-order valence-corrected chi connectivity index (χ0v) is 11.8. The third kappa shape index (κ3) is 3.11. The van der Waals surface area contributed by atoms with Crippen molar-refractivity contribution in [3.63, 3.8) is 0 Å². The molecule has 0 amide bonds. The average Bonchev–Trinajstić information content (AvgIpc) is 2.70. The Labute approximate surface area is 112 Å². The van der Waals surface area contributed by atoms with Crippen molar-refractivity contribution in [1.82, 2.24) is 20.1 Å². The number of aromatic nitrogens is 3. The van der Waals surface area contributed by atoms with Gasteiger partial charge in [-0.1, -0.05) is 19.1 Å². The lowest BCUT2D eigenvalue weighted by Crippen LogP contribution is -2.11. The van der Waals surface area contributed by atoms with Gasteiger partial charge in [0.25, 0.3) is 0 Å². The number of aryl methyl sites for hydroxylation is 1. The maximum Gasteiger partial charge on any atom is 0.195 e. The highest BCUT2D eigenvalue weighted by Crippen LogP contribution is 2.26. The van der Waals surface area contributed by atoms with Crippen LogP contribution < -0.4 is 5.32 Å². The van der Waals surface area contributed by atoms with Gasteiger partial charge in [-0.25, -0.2) is 0 Å². The van der Waals surface area contributed by atoms with Crippen molar-refractivity contribution >= 4 is 11.8 Å². The quantitative estimate of drug-likeness (QED) is 0.898. The second-order valence-electron chi connectivity index (χ2n) is 4.12. The van der Waals surface area contributed by atoms with Gasteiger partial charge >= 0.3 is 0 Å². The number of nitrogens with one attached hydrogen (secondary N) is 1. The molecule has 1 heterocycles. The predicted molar refractivity (Wildman–Crippen MR) is 73.7 cm³/mol. The van der Waals surface area contributed by atoms with E-state index in [-0.39, 0.29) is 0 Å². The maximum atomic E-state index is 4.15. The monoisotopic (exact) mass is 262 g/mol. The summed E-state index contributed by atoms with van der Waals surface area (Å²) in [5, 5.41) is 12.4. The molecule has 1 N–H and O–H groups in total. The van der Waals surface area contributed by atoms with Gasteiger partial charge in [-0.2, -0.15) is 0 Å². The Morgan fingerprint density at radius 3 is 2.50 bits per heavy atom. The van der Waals surface area contributed by atoms with E-state index in [0.29, 0.717) is 0 Å². The molecule has 2 aromatic rings. The minimum atomic E-state index is 0.921. The molecule has 18 heavy (non-hydrogen) atoms. The van der Waals surface area contributed by atoms with Crippen LogP contribution in [0.3, 0.4) is 0 Å². The zero-order chi connectivity index (χ0) is 13.0. The summed E-state index contributed by atoms with van der Waals surface area (Å²) in [4.78, 5) is 1.19. The molecule has 5 heteroatoms. The fourth-order valence-electron chi connectivity index (χ4n) is 1.53. The fourth-order valence-corrected chi connectivity index (χ4v) is 2.36. The number of nitrogens with zero attached hydrogens (tertiary/aromatic N) is 3. The normalized spacial score (nSPS) is 10.8. The van der Waals surface area contributed by atoms with E-state index in [4.69, 9.17) is 0 Å². The Hall–Kier alpha value is -1.33. The van der Waals surface area contributed by atoms with E-state index < -0.39 is 0 Å². The minimum absolute atomic E-state index is 0.921. The van der Waals surface area contributed by atoms with Crippen LogP contribution >= 0.6 is 11.8 Å². The van der Waals surface area contributed by atoms with E-state index in [1.54, 1.807) is 11.8 Å². The van der Waals surface area contributed by atoms with E-state index in [0.717, 1.165) is 24.1 Å². The Morgan fingerprint density at radius 2 is 1.94 bits per heavy atom. The molecule has 0 aliphatic carbocycles. The van der Waals surface area contributed by atoms with Crippen molar-refractivity contribution in [2.45, 2.75) is 30.4 Å². The first-order valence-electron chi connectivity index (χ1n) is 6.04. The Balaban J connectivity index is 2.04. The summed E-state index contributed by atoms with van der Waals surface area (Å²) < 4.78 is 2.00. The molecule has 0 aliphatic rings. The third-order valence-electron chi connectivity index (χ3n) is 2.76. The van der Waals surface area contributed by atoms with Crippen molar-refractivity contribution in [3.05, 3.63) is 35.7 Å². The van der Waals surface area contributed by atoms with Gasteiger partial charge in [0.15, 0.2) is 5.16 Å². The molecule has 1 aromatic carbocycles. The highest BCUT2D eigenvalue weighted by molar-refractivity contribution is 7.99. The van der Waals surface area contributed by atoms with Crippen molar-refractivity contribution < 1.29 is 0 Å². The molecule has 0 aliphatic heterocycles. The molecular formula is C13H18N4S. The first-order chi connectivity index (χ1) is 8.70. The van der Waals surface area contributed by atoms with Crippen molar-refractivity contribution in [2.24, 2.45) is 7.05 Å². The van der Waals surface area contributed by atoms with Crippen LogP contribution in [-0.2, 0) is 13.6 Å². The van der Waals surface area contributed by atoms with Crippen LogP contribution in [0, 0.1) is 6.92 Å². The molecule has 4 nitrogen and oxygen atoms in total. The molecule has 1 aromatic heterocycles. The lowest BCUT2D eigenvalue weighted by atomic mass is 10.2. The largest absolute Gasteiger partial charge is 0.313 e. The Bertz CT molecular complexity index is 504. The first kappa shape index (κ1) is 13.1. The van der Waals surface area contributed by atoms with Gasteiger partial charge in [0.05, 0.1) is 0 Å². The summed E-state index contributed by atoms with van der Waals surface area (Å²) in [6.45, 7) is 5.98. The van der Waals surface area contributed by atoms with Crippen molar-refractivity contribution in [1.29, 1.82) is 0 Å². The molecule has 0 unspecified atom stereocenters. The summed E-state index contributed by atoms with van der Waals surface area (Å²) in [6, 6.07) is 8.55. The van der Waals surface area contributed by atoms with Crippen LogP contribution in [0.2, 0.25) is 0 Å². The third-order valence-corrected chi connectivity index (χ3v) is 3.81. The van der Waals surface area contributed by atoms with E-state index in [2.05, 4.69) is 46.7 Å². The molecule has 0 spiro atoms. The highest BCUT2D eigenvalue weighted by Gasteiger charge is 2.06. The molecule has 0 atom stereocenters. The van der Waals surface area contributed by atoms with Gasteiger partial charge in [0.2, 0.25) is 0 Å². The van der Waals surface area contributed by atoms with Crippen LogP contribution in [-0.4, -0.2) is 21.3 Å². The topological polar surface area (TPSA) is 42.7 Å².